The van der Waals surface area contributed by atoms with Gasteiger partial charge in [0.15, 0.2) is 0 Å². The van der Waals surface area contributed by atoms with Gasteiger partial charge in [0.05, 0.1) is 12.2 Å². The lowest BCUT2D eigenvalue weighted by atomic mass is 9.93. The van der Waals surface area contributed by atoms with Crippen molar-refractivity contribution >= 4 is 11.4 Å². The number of nitrogen functional groups attached to an aromatic ring is 1. The maximum absolute atomic E-state index is 9.06. The molecule has 3 N–H and O–H groups in total. The molecule has 2 rings (SSSR count). The Kier molecular flexibility index (Phi) is 4.20. The van der Waals surface area contributed by atoms with Crippen LogP contribution in [0.5, 0.6) is 5.75 Å². The van der Waals surface area contributed by atoms with E-state index in [1.165, 1.54) is 0 Å². The van der Waals surface area contributed by atoms with E-state index in [-0.39, 0.29) is 12.2 Å². The number of rotatable bonds is 5. The van der Waals surface area contributed by atoms with Crippen LogP contribution >= 0.6 is 0 Å². The van der Waals surface area contributed by atoms with Gasteiger partial charge in [0.1, 0.15) is 11.4 Å². The maximum Gasteiger partial charge on any atom is 0.145 e. The lowest BCUT2D eigenvalue weighted by Crippen LogP contribution is -2.50. The molecule has 0 saturated carbocycles. The molecule has 0 saturated heterocycles. The molecule has 0 amide bonds. The number of hydrogen-bond acceptors (Lipinski definition) is 4. The Labute approximate surface area is 115 Å². The predicted molar refractivity (Wildman–Crippen MR) is 78.7 cm³/mol. The van der Waals surface area contributed by atoms with Gasteiger partial charge in [-0.2, -0.15) is 0 Å². The molecule has 0 aromatic heterocycles. The molecule has 0 bridgehead atoms. The van der Waals surface area contributed by atoms with Gasteiger partial charge in [-0.05, 0) is 31.4 Å². The van der Waals surface area contributed by atoms with Crippen molar-refractivity contribution in [1.82, 2.24) is 0 Å². The summed E-state index contributed by atoms with van der Waals surface area (Å²) in [6.45, 7) is 6.25. The highest BCUT2D eigenvalue weighted by Crippen LogP contribution is 2.40. The number of aliphatic hydroxyl groups is 1. The highest BCUT2D eigenvalue weighted by molar-refractivity contribution is 5.65. The van der Waals surface area contributed by atoms with E-state index in [4.69, 9.17) is 15.6 Å². The SMILES string of the molecule is CCC1(CC)CN(CCCO)c2ccc(N)cc2O1. The molecule has 0 fully saturated rings. The molecule has 0 atom stereocenters. The van der Waals surface area contributed by atoms with E-state index in [2.05, 4.69) is 18.7 Å². The van der Waals surface area contributed by atoms with Crippen LogP contribution in [0.25, 0.3) is 0 Å². The van der Waals surface area contributed by atoms with Crippen LogP contribution in [0.2, 0.25) is 0 Å². The Hall–Kier alpha value is -1.42. The minimum atomic E-state index is -0.143. The number of benzene rings is 1. The number of anilines is 2. The summed E-state index contributed by atoms with van der Waals surface area (Å²) >= 11 is 0. The van der Waals surface area contributed by atoms with Crippen molar-refractivity contribution in [2.45, 2.75) is 38.7 Å². The predicted octanol–water partition coefficient (Wildman–Crippen LogP) is 2.41. The van der Waals surface area contributed by atoms with E-state index in [1.54, 1.807) is 0 Å². The molecule has 0 radical (unpaired) electrons. The molecular formula is C15H24N2O2. The van der Waals surface area contributed by atoms with E-state index in [0.29, 0.717) is 0 Å². The second-order valence-electron chi connectivity index (χ2n) is 5.22. The fourth-order valence-electron chi connectivity index (χ4n) is 2.65. The Morgan fingerprint density at radius 1 is 1.37 bits per heavy atom. The molecule has 1 aliphatic rings. The van der Waals surface area contributed by atoms with Crippen molar-refractivity contribution in [1.29, 1.82) is 0 Å². The molecule has 19 heavy (non-hydrogen) atoms. The van der Waals surface area contributed by atoms with Gasteiger partial charge in [-0.15, -0.1) is 0 Å². The van der Waals surface area contributed by atoms with Gasteiger partial charge in [0, 0.05) is 24.9 Å². The third-order valence-corrected chi connectivity index (χ3v) is 4.00. The zero-order chi connectivity index (χ0) is 13.9. The zero-order valence-corrected chi connectivity index (χ0v) is 11.9. The van der Waals surface area contributed by atoms with Gasteiger partial charge < -0.3 is 20.5 Å². The van der Waals surface area contributed by atoms with Crippen molar-refractivity contribution in [2.75, 3.05) is 30.3 Å². The molecule has 0 spiro atoms. The molecule has 0 aliphatic carbocycles. The Bertz CT molecular complexity index is 430. The summed E-state index contributed by atoms with van der Waals surface area (Å²) in [6.07, 6.45) is 2.70. The van der Waals surface area contributed by atoms with Gasteiger partial charge in [-0.1, -0.05) is 13.8 Å². The van der Waals surface area contributed by atoms with Crippen LogP contribution in [-0.2, 0) is 0 Å². The maximum atomic E-state index is 9.06. The number of hydrogen-bond donors (Lipinski definition) is 2. The molecule has 4 heteroatoms. The first-order chi connectivity index (χ1) is 9.14. The van der Waals surface area contributed by atoms with Crippen molar-refractivity contribution in [3.63, 3.8) is 0 Å². The molecule has 1 aromatic rings. The van der Waals surface area contributed by atoms with Crippen LogP contribution in [0, 0.1) is 0 Å². The van der Waals surface area contributed by atoms with Crippen molar-refractivity contribution in [2.24, 2.45) is 0 Å². The van der Waals surface area contributed by atoms with E-state index >= 15 is 0 Å². The zero-order valence-electron chi connectivity index (χ0n) is 11.9. The number of nitrogens with two attached hydrogens (primary N) is 1. The van der Waals surface area contributed by atoms with Gasteiger partial charge in [0.2, 0.25) is 0 Å². The molecule has 1 heterocycles. The summed E-state index contributed by atoms with van der Waals surface area (Å²) in [5.41, 5.74) is 7.53. The van der Waals surface area contributed by atoms with Gasteiger partial charge in [0.25, 0.3) is 0 Å². The second kappa shape index (κ2) is 5.70. The van der Waals surface area contributed by atoms with E-state index in [1.807, 2.05) is 18.2 Å². The van der Waals surface area contributed by atoms with Crippen LogP contribution in [-0.4, -0.2) is 30.4 Å². The number of ether oxygens (including phenoxy) is 1. The molecular weight excluding hydrogens is 240 g/mol. The fourth-order valence-corrected chi connectivity index (χ4v) is 2.65. The second-order valence-corrected chi connectivity index (χ2v) is 5.22. The lowest BCUT2D eigenvalue weighted by Gasteiger charge is -2.44. The smallest absolute Gasteiger partial charge is 0.145 e. The largest absolute Gasteiger partial charge is 0.483 e. The minimum Gasteiger partial charge on any atom is -0.483 e. The molecule has 1 aromatic carbocycles. The third-order valence-electron chi connectivity index (χ3n) is 4.00. The van der Waals surface area contributed by atoms with Crippen LogP contribution in [0.4, 0.5) is 11.4 Å². The summed E-state index contributed by atoms with van der Waals surface area (Å²) in [6, 6.07) is 5.82. The Morgan fingerprint density at radius 2 is 2.11 bits per heavy atom. The average molecular weight is 264 g/mol. The minimum absolute atomic E-state index is 0.143. The lowest BCUT2D eigenvalue weighted by molar-refractivity contribution is 0.0571. The highest BCUT2D eigenvalue weighted by atomic mass is 16.5. The standard InChI is InChI=1S/C15H24N2O2/c1-3-15(4-2)11-17(8-5-9-18)13-7-6-12(16)10-14(13)19-15/h6-7,10,18H,3-5,8-9,11,16H2,1-2H3. The van der Waals surface area contributed by atoms with Crippen molar-refractivity contribution in [3.05, 3.63) is 18.2 Å². The normalized spacial score (nSPS) is 16.9. The topological polar surface area (TPSA) is 58.7 Å². The Morgan fingerprint density at radius 3 is 2.74 bits per heavy atom. The summed E-state index contributed by atoms with van der Waals surface area (Å²) < 4.78 is 6.22. The first kappa shape index (κ1) is 14.0. The fraction of sp³-hybridized carbons (Fsp3) is 0.600. The highest BCUT2D eigenvalue weighted by Gasteiger charge is 2.36. The van der Waals surface area contributed by atoms with Crippen molar-refractivity contribution < 1.29 is 9.84 Å². The summed E-state index contributed by atoms with van der Waals surface area (Å²) in [7, 11) is 0. The molecule has 1 aliphatic heterocycles. The van der Waals surface area contributed by atoms with Crippen molar-refractivity contribution in [3.8, 4) is 5.75 Å². The summed E-state index contributed by atoms with van der Waals surface area (Å²) in [5, 5.41) is 9.06. The van der Waals surface area contributed by atoms with Gasteiger partial charge in [-0.25, -0.2) is 0 Å². The summed E-state index contributed by atoms with van der Waals surface area (Å²) in [4.78, 5) is 2.31. The number of nitrogens with zero attached hydrogens (tertiary/aromatic N) is 1. The molecule has 0 unspecified atom stereocenters. The monoisotopic (exact) mass is 264 g/mol. The summed E-state index contributed by atoms with van der Waals surface area (Å²) in [5.74, 6) is 0.868. The first-order valence-corrected chi connectivity index (χ1v) is 7.08. The van der Waals surface area contributed by atoms with Crippen LogP contribution in [0.3, 0.4) is 0 Å². The Balaban J connectivity index is 2.34. The van der Waals surface area contributed by atoms with E-state index in [9.17, 15) is 0 Å². The first-order valence-electron chi connectivity index (χ1n) is 7.08. The van der Waals surface area contributed by atoms with Crippen LogP contribution < -0.4 is 15.4 Å². The number of fused-ring (bicyclic) bond motifs is 1. The number of aliphatic hydroxyl groups excluding tert-OH is 1. The van der Waals surface area contributed by atoms with E-state index < -0.39 is 0 Å². The molecule has 4 nitrogen and oxygen atoms in total. The van der Waals surface area contributed by atoms with E-state index in [0.717, 1.165) is 49.5 Å². The van der Waals surface area contributed by atoms with Crippen LogP contribution in [0.15, 0.2) is 18.2 Å². The average Bonchev–Trinajstić information content (AvgIpc) is 2.43. The molecule has 106 valence electrons. The van der Waals surface area contributed by atoms with Crippen LogP contribution in [0.1, 0.15) is 33.1 Å². The van der Waals surface area contributed by atoms with Gasteiger partial charge in [-0.3, -0.25) is 0 Å². The third kappa shape index (κ3) is 2.78. The quantitative estimate of drug-likeness (QED) is 0.802. The van der Waals surface area contributed by atoms with Gasteiger partial charge >= 0.3 is 0 Å².